The quantitative estimate of drug-likeness (QED) is 0.319. The van der Waals surface area contributed by atoms with Crippen molar-refractivity contribution >= 4 is 0 Å². The van der Waals surface area contributed by atoms with Crippen molar-refractivity contribution in [1.82, 2.24) is 0 Å². The maximum Gasteiger partial charge on any atom is -0.0193 e. The molecule has 22 heavy (non-hydrogen) atoms. The standard InChI is InChI=1S/C22H46/c1-10-13-14-17-21(8,9)22(16-12-3,19(6)7)20(15-11-2)18(4)5/h18-20H,10-17H2,1-9H3. The molecule has 0 saturated heterocycles. The van der Waals surface area contributed by atoms with Crippen LogP contribution < -0.4 is 0 Å². The lowest BCUT2D eigenvalue weighted by Gasteiger charge is -2.57. The van der Waals surface area contributed by atoms with Crippen LogP contribution in [-0.4, -0.2) is 0 Å². The molecule has 0 heteroatoms. The summed E-state index contributed by atoms with van der Waals surface area (Å²) in [4.78, 5) is 0. The van der Waals surface area contributed by atoms with Gasteiger partial charge in [0.05, 0.1) is 0 Å². The molecule has 0 bridgehead atoms. The minimum Gasteiger partial charge on any atom is -0.0654 e. The molecule has 0 fully saturated rings. The van der Waals surface area contributed by atoms with Gasteiger partial charge >= 0.3 is 0 Å². The zero-order valence-electron chi connectivity index (χ0n) is 17.4. The highest BCUT2D eigenvalue weighted by Crippen LogP contribution is 2.59. The Morgan fingerprint density at radius 2 is 1.32 bits per heavy atom. The van der Waals surface area contributed by atoms with Crippen LogP contribution in [0, 0.1) is 28.6 Å². The molecule has 0 aliphatic rings. The maximum atomic E-state index is 2.59. The van der Waals surface area contributed by atoms with Crippen LogP contribution in [-0.2, 0) is 0 Å². The van der Waals surface area contributed by atoms with Gasteiger partial charge in [-0.2, -0.15) is 0 Å². The molecule has 2 atom stereocenters. The Balaban J connectivity index is 5.72. The van der Waals surface area contributed by atoms with Crippen LogP contribution in [0.2, 0.25) is 0 Å². The largest absolute Gasteiger partial charge is 0.0654 e. The highest BCUT2D eigenvalue weighted by Gasteiger charge is 2.51. The topological polar surface area (TPSA) is 0 Å². The van der Waals surface area contributed by atoms with E-state index in [1.54, 1.807) is 0 Å². The summed E-state index contributed by atoms with van der Waals surface area (Å²) in [5, 5.41) is 0. The molecular formula is C22H46. The van der Waals surface area contributed by atoms with Crippen molar-refractivity contribution in [2.24, 2.45) is 28.6 Å². The Labute approximate surface area is 142 Å². The van der Waals surface area contributed by atoms with Crippen LogP contribution in [0.15, 0.2) is 0 Å². The molecule has 0 aromatic carbocycles. The molecule has 0 saturated carbocycles. The van der Waals surface area contributed by atoms with Crippen molar-refractivity contribution in [1.29, 1.82) is 0 Å². The van der Waals surface area contributed by atoms with Crippen molar-refractivity contribution in [3.8, 4) is 0 Å². The van der Waals surface area contributed by atoms with Crippen molar-refractivity contribution < 1.29 is 0 Å². The second-order valence-electron chi connectivity index (χ2n) is 8.93. The maximum absolute atomic E-state index is 2.59. The molecule has 0 heterocycles. The molecule has 134 valence electrons. The summed E-state index contributed by atoms with van der Waals surface area (Å²) in [5.74, 6) is 2.41. The average Bonchev–Trinajstić information content (AvgIpc) is 2.41. The summed E-state index contributed by atoms with van der Waals surface area (Å²) in [6.45, 7) is 22.2. The molecule has 0 aromatic heterocycles. The van der Waals surface area contributed by atoms with Gasteiger partial charge in [-0.25, -0.2) is 0 Å². The normalized spacial score (nSPS) is 17.0. The first-order chi connectivity index (χ1) is 10.2. The lowest BCUT2D eigenvalue weighted by atomic mass is 9.48. The van der Waals surface area contributed by atoms with E-state index in [2.05, 4.69) is 62.3 Å². The fraction of sp³-hybridized carbons (Fsp3) is 1.00. The van der Waals surface area contributed by atoms with Gasteiger partial charge in [-0.1, -0.05) is 94.4 Å². The van der Waals surface area contributed by atoms with Crippen molar-refractivity contribution in [2.45, 2.75) is 114 Å². The minimum absolute atomic E-state index is 0.441. The zero-order chi connectivity index (χ0) is 17.4. The van der Waals surface area contributed by atoms with E-state index in [0.717, 1.165) is 17.8 Å². The van der Waals surface area contributed by atoms with Crippen LogP contribution in [0.1, 0.15) is 114 Å². The Morgan fingerprint density at radius 3 is 1.68 bits per heavy atom. The van der Waals surface area contributed by atoms with Crippen LogP contribution in [0.5, 0.6) is 0 Å². The number of unbranched alkanes of at least 4 members (excludes halogenated alkanes) is 2. The fourth-order valence-electron chi connectivity index (χ4n) is 5.48. The Bertz CT molecular complexity index is 274. The summed E-state index contributed by atoms with van der Waals surface area (Å²) >= 11 is 0. The lowest BCUT2D eigenvalue weighted by molar-refractivity contribution is -0.0796. The van der Waals surface area contributed by atoms with E-state index in [-0.39, 0.29) is 0 Å². The monoisotopic (exact) mass is 310 g/mol. The number of rotatable bonds is 12. The van der Waals surface area contributed by atoms with Gasteiger partial charge in [-0.05, 0) is 47.8 Å². The molecule has 0 aliphatic heterocycles. The van der Waals surface area contributed by atoms with Gasteiger partial charge in [-0.3, -0.25) is 0 Å². The van der Waals surface area contributed by atoms with E-state index < -0.39 is 0 Å². The predicted octanol–water partition coefficient (Wildman–Crippen LogP) is 8.11. The van der Waals surface area contributed by atoms with Gasteiger partial charge in [0.25, 0.3) is 0 Å². The van der Waals surface area contributed by atoms with E-state index in [0.29, 0.717) is 10.8 Å². The fourth-order valence-corrected chi connectivity index (χ4v) is 5.48. The molecule has 0 aliphatic carbocycles. The smallest absolute Gasteiger partial charge is 0.0193 e. The third-order valence-corrected chi connectivity index (χ3v) is 6.43. The molecule has 0 amide bonds. The Morgan fingerprint density at radius 1 is 0.727 bits per heavy atom. The van der Waals surface area contributed by atoms with Gasteiger partial charge in [0.15, 0.2) is 0 Å². The van der Waals surface area contributed by atoms with Gasteiger partial charge in [0.2, 0.25) is 0 Å². The second kappa shape index (κ2) is 9.99. The van der Waals surface area contributed by atoms with Crippen LogP contribution in [0.25, 0.3) is 0 Å². The van der Waals surface area contributed by atoms with Crippen molar-refractivity contribution in [3.05, 3.63) is 0 Å². The molecule has 0 spiro atoms. The molecule has 0 radical (unpaired) electrons. The summed E-state index contributed by atoms with van der Waals surface area (Å²) < 4.78 is 0. The number of hydrogen-bond donors (Lipinski definition) is 0. The van der Waals surface area contributed by atoms with Crippen LogP contribution in [0.4, 0.5) is 0 Å². The first kappa shape index (κ1) is 22.0. The van der Waals surface area contributed by atoms with Gasteiger partial charge in [0, 0.05) is 0 Å². The molecule has 0 N–H and O–H groups in total. The summed E-state index contributed by atoms with van der Waals surface area (Å²) in [6, 6.07) is 0. The van der Waals surface area contributed by atoms with Crippen LogP contribution >= 0.6 is 0 Å². The third kappa shape index (κ3) is 5.00. The van der Waals surface area contributed by atoms with E-state index in [1.807, 2.05) is 0 Å². The summed E-state index contributed by atoms with van der Waals surface area (Å²) in [5.41, 5.74) is 0.927. The molecule has 2 unspecified atom stereocenters. The lowest BCUT2D eigenvalue weighted by Crippen LogP contribution is -2.49. The zero-order valence-corrected chi connectivity index (χ0v) is 17.4. The molecule has 0 rings (SSSR count). The third-order valence-electron chi connectivity index (χ3n) is 6.43. The first-order valence-electron chi connectivity index (χ1n) is 10.2. The van der Waals surface area contributed by atoms with E-state index >= 15 is 0 Å². The van der Waals surface area contributed by atoms with Crippen LogP contribution in [0.3, 0.4) is 0 Å². The highest BCUT2D eigenvalue weighted by atomic mass is 14.6. The Kier molecular flexibility index (Phi) is 9.99. The summed E-state index contributed by atoms with van der Waals surface area (Å²) in [7, 11) is 0. The molecule has 0 aromatic rings. The van der Waals surface area contributed by atoms with E-state index in [9.17, 15) is 0 Å². The van der Waals surface area contributed by atoms with Gasteiger partial charge in [0.1, 0.15) is 0 Å². The molecule has 0 nitrogen and oxygen atoms in total. The Hall–Kier alpha value is 0. The SMILES string of the molecule is CCCCCC(C)(C)C(CCC)(C(C)C)C(CCC)C(C)C. The van der Waals surface area contributed by atoms with E-state index in [1.165, 1.54) is 51.4 Å². The molecular weight excluding hydrogens is 264 g/mol. The van der Waals surface area contributed by atoms with Gasteiger partial charge < -0.3 is 0 Å². The van der Waals surface area contributed by atoms with Crippen molar-refractivity contribution in [3.63, 3.8) is 0 Å². The minimum atomic E-state index is 0.441. The van der Waals surface area contributed by atoms with Gasteiger partial charge in [-0.15, -0.1) is 0 Å². The number of hydrogen-bond acceptors (Lipinski definition) is 0. The summed E-state index contributed by atoms with van der Waals surface area (Å²) in [6.07, 6.45) is 11.0. The average molecular weight is 311 g/mol. The van der Waals surface area contributed by atoms with E-state index in [4.69, 9.17) is 0 Å². The predicted molar refractivity (Wildman–Crippen MR) is 103 cm³/mol. The van der Waals surface area contributed by atoms with Crippen molar-refractivity contribution in [2.75, 3.05) is 0 Å². The second-order valence-corrected chi connectivity index (χ2v) is 8.93. The first-order valence-corrected chi connectivity index (χ1v) is 10.2. The highest BCUT2D eigenvalue weighted by molar-refractivity contribution is 5.00.